The molecule has 2 saturated heterocycles. The molecular formula is C17H28N4O6. The summed E-state index contributed by atoms with van der Waals surface area (Å²) in [5, 5.41) is 0. The molecule has 10 heteroatoms. The fraction of sp³-hybridized carbons (Fsp3) is 0.765. The molecule has 10 nitrogen and oxygen atoms in total. The minimum absolute atomic E-state index is 0.196. The zero-order valence-electron chi connectivity index (χ0n) is 16.0. The van der Waals surface area contributed by atoms with Gasteiger partial charge >= 0.3 is 12.2 Å². The highest BCUT2D eigenvalue weighted by atomic mass is 16.6. The van der Waals surface area contributed by atoms with Gasteiger partial charge in [0.05, 0.1) is 13.2 Å². The molecule has 2 fully saturated rings. The van der Waals surface area contributed by atoms with Crippen LogP contribution in [0, 0.1) is 0 Å². The molecule has 2 heterocycles. The number of hydrogen-bond donors (Lipinski definition) is 0. The van der Waals surface area contributed by atoms with Crippen LogP contribution in [0.3, 0.4) is 0 Å². The molecule has 0 aliphatic carbocycles. The van der Waals surface area contributed by atoms with E-state index in [1.807, 2.05) is 0 Å². The van der Waals surface area contributed by atoms with Crippen molar-refractivity contribution in [3.8, 4) is 0 Å². The summed E-state index contributed by atoms with van der Waals surface area (Å²) in [6.45, 7) is 7.28. The Morgan fingerprint density at radius 2 is 0.889 bits per heavy atom. The third kappa shape index (κ3) is 5.73. The number of ether oxygens (including phenoxy) is 2. The molecule has 4 amide bonds. The van der Waals surface area contributed by atoms with Crippen LogP contribution in [0.5, 0.6) is 0 Å². The zero-order chi connectivity index (χ0) is 19.8. The lowest BCUT2D eigenvalue weighted by Gasteiger charge is -2.36. The van der Waals surface area contributed by atoms with E-state index in [1.165, 1.54) is 0 Å². The summed E-state index contributed by atoms with van der Waals surface area (Å²) in [4.78, 5) is 54.4. The molecule has 2 rings (SSSR count). The van der Waals surface area contributed by atoms with E-state index >= 15 is 0 Å². The van der Waals surface area contributed by atoms with Crippen LogP contribution in [0.4, 0.5) is 9.59 Å². The number of carbonyl (C=O) groups is 4. The lowest BCUT2D eigenvalue weighted by atomic mass is 10.2. The molecule has 0 aromatic rings. The summed E-state index contributed by atoms with van der Waals surface area (Å²) < 4.78 is 9.90. The summed E-state index contributed by atoms with van der Waals surface area (Å²) in [6.07, 6.45) is -0.945. The van der Waals surface area contributed by atoms with Crippen molar-refractivity contribution in [1.82, 2.24) is 19.6 Å². The Morgan fingerprint density at radius 1 is 0.593 bits per heavy atom. The summed E-state index contributed by atoms with van der Waals surface area (Å²) in [5.74, 6) is -0.479. The topological polar surface area (TPSA) is 99.7 Å². The molecule has 27 heavy (non-hydrogen) atoms. The Bertz CT molecular complexity index is 506. The van der Waals surface area contributed by atoms with Crippen LogP contribution in [-0.4, -0.2) is 109 Å². The van der Waals surface area contributed by atoms with Crippen LogP contribution < -0.4 is 0 Å². The van der Waals surface area contributed by atoms with Gasteiger partial charge in [-0.1, -0.05) is 0 Å². The van der Waals surface area contributed by atoms with Gasteiger partial charge in [0.15, 0.2) is 0 Å². The minimum Gasteiger partial charge on any atom is -0.450 e. The molecule has 0 spiro atoms. The Morgan fingerprint density at radius 3 is 1.19 bits per heavy atom. The van der Waals surface area contributed by atoms with Crippen molar-refractivity contribution in [2.75, 3.05) is 65.6 Å². The van der Waals surface area contributed by atoms with Crippen molar-refractivity contribution < 1.29 is 28.7 Å². The number of rotatable bonds is 4. The first-order valence-electron chi connectivity index (χ1n) is 9.35. The van der Waals surface area contributed by atoms with Crippen molar-refractivity contribution in [3.05, 3.63) is 0 Å². The van der Waals surface area contributed by atoms with Crippen molar-refractivity contribution in [3.63, 3.8) is 0 Å². The average Bonchev–Trinajstić information content (AvgIpc) is 2.68. The van der Waals surface area contributed by atoms with E-state index in [-0.39, 0.29) is 30.4 Å². The Balaban J connectivity index is 1.73. The van der Waals surface area contributed by atoms with Crippen molar-refractivity contribution in [2.45, 2.75) is 20.3 Å². The third-order valence-electron chi connectivity index (χ3n) is 4.62. The Kier molecular flexibility index (Phi) is 7.68. The number of nitrogens with zero attached hydrogens (tertiary/aromatic N) is 4. The predicted octanol–water partition coefficient (Wildman–Crippen LogP) is -0.0221. The standard InChI is InChI=1S/C17H28N4O6/c1-3-26-16(24)20-9-5-18(6-10-20)14(22)13-15(23)19-7-11-21(12-8-19)17(25)27-4-2/h3-13H2,1-2H3. The van der Waals surface area contributed by atoms with Crippen molar-refractivity contribution in [2.24, 2.45) is 0 Å². The monoisotopic (exact) mass is 384 g/mol. The van der Waals surface area contributed by atoms with E-state index in [0.29, 0.717) is 65.6 Å². The van der Waals surface area contributed by atoms with Crippen molar-refractivity contribution in [1.29, 1.82) is 0 Å². The van der Waals surface area contributed by atoms with Crippen LogP contribution >= 0.6 is 0 Å². The highest BCUT2D eigenvalue weighted by Gasteiger charge is 2.29. The maximum atomic E-state index is 12.4. The van der Waals surface area contributed by atoms with Gasteiger partial charge in [-0.2, -0.15) is 0 Å². The quantitative estimate of drug-likeness (QED) is 0.632. The highest BCUT2D eigenvalue weighted by Crippen LogP contribution is 2.09. The van der Waals surface area contributed by atoms with E-state index < -0.39 is 0 Å². The number of piperazine rings is 2. The van der Waals surface area contributed by atoms with Crippen LogP contribution in [0.2, 0.25) is 0 Å². The van der Waals surface area contributed by atoms with E-state index in [1.54, 1.807) is 33.4 Å². The van der Waals surface area contributed by atoms with Gasteiger partial charge in [0.25, 0.3) is 0 Å². The predicted molar refractivity (Wildman–Crippen MR) is 95.0 cm³/mol. The normalized spacial score (nSPS) is 17.6. The van der Waals surface area contributed by atoms with Gasteiger partial charge in [-0.3, -0.25) is 9.59 Å². The Hall–Kier alpha value is -2.52. The van der Waals surface area contributed by atoms with Crippen LogP contribution in [0.1, 0.15) is 20.3 Å². The average molecular weight is 384 g/mol. The van der Waals surface area contributed by atoms with Gasteiger partial charge in [-0.05, 0) is 13.8 Å². The lowest BCUT2D eigenvalue weighted by Crippen LogP contribution is -2.53. The van der Waals surface area contributed by atoms with Gasteiger partial charge in [-0.25, -0.2) is 9.59 Å². The molecule has 0 saturated carbocycles. The fourth-order valence-corrected chi connectivity index (χ4v) is 3.06. The van der Waals surface area contributed by atoms with Gasteiger partial charge in [0, 0.05) is 52.4 Å². The maximum Gasteiger partial charge on any atom is 0.409 e. The first kappa shape index (κ1) is 20.8. The Labute approximate surface area is 158 Å². The number of amides is 4. The molecule has 0 atom stereocenters. The second kappa shape index (κ2) is 9.98. The number of hydrogen-bond acceptors (Lipinski definition) is 6. The second-order valence-electron chi connectivity index (χ2n) is 6.31. The second-order valence-corrected chi connectivity index (χ2v) is 6.31. The summed E-state index contributed by atoms with van der Waals surface area (Å²) in [7, 11) is 0. The summed E-state index contributed by atoms with van der Waals surface area (Å²) >= 11 is 0. The van der Waals surface area contributed by atoms with Gasteiger partial charge < -0.3 is 29.1 Å². The molecule has 0 N–H and O–H groups in total. The van der Waals surface area contributed by atoms with Crippen LogP contribution in [-0.2, 0) is 19.1 Å². The zero-order valence-corrected chi connectivity index (χ0v) is 16.0. The van der Waals surface area contributed by atoms with E-state index in [2.05, 4.69) is 0 Å². The third-order valence-corrected chi connectivity index (χ3v) is 4.62. The minimum atomic E-state index is -0.375. The fourth-order valence-electron chi connectivity index (χ4n) is 3.06. The smallest absolute Gasteiger partial charge is 0.409 e. The van der Waals surface area contributed by atoms with Gasteiger partial charge in [0.2, 0.25) is 11.8 Å². The molecular weight excluding hydrogens is 356 g/mol. The molecule has 0 aromatic heterocycles. The van der Waals surface area contributed by atoms with Crippen LogP contribution in [0.25, 0.3) is 0 Å². The highest BCUT2D eigenvalue weighted by molar-refractivity contribution is 5.97. The first-order valence-corrected chi connectivity index (χ1v) is 9.35. The molecule has 0 radical (unpaired) electrons. The molecule has 0 aromatic carbocycles. The molecule has 0 unspecified atom stereocenters. The lowest BCUT2D eigenvalue weighted by molar-refractivity contribution is -0.142. The molecule has 2 aliphatic heterocycles. The van der Waals surface area contributed by atoms with E-state index in [9.17, 15) is 19.2 Å². The van der Waals surface area contributed by atoms with E-state index in [0.717, 1.165) is 0 Å². The molecule has 0 bridgehead atoms. The van der Waals surface area contributed by atoms with Crippen LogP contribution in [0.15, 0.2) is 0 Å². The largest absolute Gasteiger partial charge is 0.450 e. The maximum absolute atomic E-state index is 12.4. The summed E-state index contributed by atoms with van der Waals surface area (Å²) in [5.41, 5.74) is 0. The summed E-state index contributed by atoms with van der Waals surface area (Å²) in [6, 6.07) is 0. The number of carbonyl (C=O) groups excluding carboxylic acids is 4. The molecule has 152 valence electrons. The van der Waals surface area contributed by atoms with Gasteiger partial charge in [0.1, 0.15) is 6.42 Å². The SMILES string of the molecule is CCOC(=O)N1CCN(C(=O)CC(=O)N2CCN(C(=O)OCC)CC2)CC1. The first-order chi connectivity index (χ1) is 13.0. The van der Waals surface area contributed by atoms with Crippen molar-refractivity contribution >= 4 is 24.0 Å². The van der Waals surface area contributed by atoms with Gasteiger partial charge in [-0.15, -0.1) is 0 Å². The van der Waals surface area contributed by atoms with E-state index in [4.69, 9.17) is 9.47 Å². The molecule has 2 aliphatic rings.